The molecular weight excluding hydrogens is 702 g/mol. The van der Waals surface area contributed by atoms with Crippen LogP contribution in [0.5, 0.6) is 17.5 Å². The van der Waals surface area contributed by atoms with Gasteiger partial charge >= 0.3 is 12.2 Å². The van der Waals surface area contributed by atoms with Crippen LogP contribution in [0.2, 0.25) is 5.15 Å². The van der Waals surface area contributed by atoms with Gasteiger partial charge in [0.1, 0.15) is 30.0 Å². The third kappa shape index (κ3) is 7.49. The van der Waals surface area contributed by atoms with E-state index < -0.39 is 36.1 Å². The van der Waals surface area contributed by atoms with Gasteiger partial charge in [0.2, 0.25) is 0 Å². The van der Waals surface area contributed by atoms with Gasteiger partial charge in [0.05, 0.1) is 11.3 Å². The molecule has 1 unspecified atom stereocenters. The molecule has 0 radical (unpaired) electrons. The van der Waals surface area contributed by atoms with Crippen molar-refractivity contribution in [3.05, 3.63) is 94.1 Å². The van der Waals surface area contributed by atoms with Crippen molar-refractivity contribution in [1.29, 1.82) is 0 Å². The molecular formula is C37H38ClF4N7O3. The molecule has 2 aromatic heterocycles. The summed E-state index contributed by atoms with van der Waals surface area (Å²) in [5, 5.41) is 7.87. The molecule has 3 aliphatic rings. The van der Waals surface area contributed by atoms with Crippen LogP contribution in [-0.4, -0.2) is 80.4 Å². The summed E-state index contributed by atoms with van der Waals surface area (Å²) in [7, 11) is 0. The summed E-state index contributed by atoms with van der Waals surface area (Å²) in [4.78, 5) is 27.3. The summed E-state index contributed by atoms with van der Waals surface area (Å²) in [5.74, 6) is -0.900. The molecule has 10 nitrogen and oxygen atoms in total. The number of anilines is 1. The van der Waals surface area contributed by atoms with E-state index in [0.717, 1.165) is 67.6 Å². The number of rotatable bonds is 10. The lowest BCUT2D eigenvalue weighted by Gasteiger charge is -2.58. The van der Waals surface area contributed by atoms with Crippen molar-refractivity contribution < 1.29 is 31.8 Å². The van der Waals surface area contributed by atoms with E-state index in [0.29, 0.717) is 23.8 Å². The van der Waals surface area contributed by atoms with Crippen molar-refractivity contribution in [3.8, 4) is 17.5 Å². The van der Waals surface area contributed by atoms with E-state index in [1.54, 1.807) is 0 Å². The third-order valence-corrected chi connectivity index (χ3v) is 10.3. The van der Waals surface area contributed by atoms with Gasteiger partial charge in [0.25, 0.3) is 5.91 Å². The zero-order chi connectivity index (χ0) is 36.8. The number of hydrogen-bond acceptors (Lipinski definition) is 9. The number of carbonyl (C=O) groups excluding carboxylic acids is 1. The zero-order valence-corrected chi connectivity index (χ0v) is 29.7. The fourth-order valence-electron chi connectivity index (χ4n) is 7.47. The molecule has 4 aromatic rings. The van der Waals surface area contributed by atoms with Gasteiger partial charge in [-0.3, -0.25) is 14.7 Å². The summed E-state index contributed by atoms with van der Waals surface area (Å²) >= 11 is 6.40. The first kappa shape index (κ1) is 35.8. The van der Waals surface area contributed by atoms with Gasteiger partial charge in [-0.1, -0.05) is 47.0 Å². The molecule has 0 N–H and O–H groups in total. The molecule has 1 saturated carbocycles. The Balaban J connectivity index is 0.995. The predicted octanol–water partition coefficient (Wildman–Crippen LogP) is 7.43. The first-order valence-corrected chi connectivity index (χ1v) is 17.6. The SMILES string of the molecule is CC1c2c(OC3CC4(C3)CN(c3nc(Oc5ccc(F)cc5C(=O)N(CC(F)(F)F)C(C)C)nnc3Cl)C4)ccnc2CCN1Cc1ccccc1. The molecule has 4 heterocycles. The van der Waals surface area contributed by atoms with Crippen molar-refractivity contribution in [2.24, 2.45) is 5.41 Å². The van der Waals surface area contributed by atoms with E-state index >= 15 is 0 Å². The average Bonchev–Trinajstić information content (AvgIpc) is 3.07. The second-order valence-corrected chi connectivity index (χ2v) is 14.5. The molecule has 2 aromatic carbocycles. The molecule has 274 valence electrons. The topological polar surface area (TPSA) is 96.8 Å². The van der Waals surface area contributed by atoms with E-state index in [1.807, 2.05) is 23.2 Å². The lowest BCUT2D eigenvalue weighted by atomic mass is 9.61. The molecule has 7 rings (SSSR count). The zero-order valence-electron chi connectivity index (χ0n) is 28.9. The monoisotopic (exact) mass is 739 g/mol. The Morgan fingerprint density at radius 1 is 1.08 bits per heavy atom. The van der Waals surface area contributed by atoms with Gasteiger partial charge in [-0.2, -0.15) is 18.2 Å². The van der Waals surface area contributed by atoms with Crippen LogP contribution in [0.3, 0.4) is 0 Å². The Morgan fingerprint density at radius 3 is 2.54 bits per heavy atom. The van der Waals surface area contributed by atoms with Crippen LogP contribution in [0.4, 0.5) is 23.4 Å². The van der Waals surface area contributed by atoms with E-state index in [1.165, 1.54) is 19.4 Å². The van der Waals surface area contributed by atoms with Crippen LogP contribution < -0.4 is 14.4 Å². The number of alkyl halides is 3. The van der Waals surface area contributed by atoms with Gasteiger partial charge in [0.15, 0.2) is 11.0 Å². The molecule has 0 bridgehead atoms. The van der Waals surface area contributed by atoms with Crippen molar-refractivity contribution in [3.63, 3.8) is 0 Å². The van der Waals surface area contributed by atoms with E-state index in [9.17, 15) is 22.4 Å². The Bertz CT molecular complexity index is 1940. The van der Waals surface area contributed by atoms with Crippen molar-refractivity contribution >= 4 is 23.3 Å². The first-order valence-electron chi connectivity index (χ1n) is 17.2. The number of amides is 1. The smallest absolute Gasteiger partial charge is 0.406 e. The van der Waals surface area contributed by atoms with Crippen LogP contribution in [0.15, 0.2) is 60.8 Å². The maximum Gasteiger partial charge on any atom is 0.406 e. The van der Waals surface area contributed by atoms with Crippen LogP contribution in [-0.2, 0) is 13.0 Å². The molecule has 1 atom stereocenters. The second-order valence-electron chi connectivity index (χ2n) is 14.1. The number of hydrogen-bond donors (Lipinski definition) is 0. The lowest BCUT2D eigenvalue weighted by Crippen LogP contribution is -2.65. The summed E-state index contributed by atoms with van der Waals surface area (Å²) in [6.07, 6.45) is -0.249. The summed E-state index contributed by atoms with van der Waals surface area (Å²) in [5.41, 5.74) is 3.10. The number of halogens is 5. The summed E-state index contributed by atoms with van der Waals surface area (Å²) < 4.78 is 66.4. The predicted molar refractivity (Wildman–Crippen MR) is 185 cm³/mol. The van der Waals surface area contributed by atoms with Crippen LogP contribution in [0.1, 0.15) is 66.8 Å². The quantitative estimate of drug-likeness (QED) is 0.154. The highest BCUT2D eigenvalue weighted by Gasteiger charge is 2.54. The number of fused-ring (bicyclic) bond motifs is 1. The van der Waals surface area contributed by atoms with Crippen molar-refractivity contribution in [2.45, 2.75) is 70.9 Å². The third-order valence-electron chi connectivity index (χ3n) is 10.0. The van der Waals surface area contributed by atoms with E-state index in [4.69, 9.17) is 21.1 Å². The number of nitrogens with zero attached hydrogens (tertiary/aromatic N) is 7. The van der Waals surface area contributed by atoms with Crippen molar-refractivity contribution in [2.75, 3.05) is 31.1 Å². The summed E-state index contributed by atoms with van der Waals surface area (Å²) in [6.45, 7) is 6.63. The minimum absolute atomic E-state index is 0.00729. The van der Waals surface area contributed by atoms with Crippen LogP contribution in [0.25, 0.3) is 0 Å². The largest absolute Gasteiger partial charge is 0.490 e. The molecule has 1 aliphatic carbocycles. The van der Waals surface area contributed by atoms with Gasteiger partial charge < -0.3 is 19.3 Å². The normalized spacial score (nSPS) is 18.5. The van der Waals surface area contributed by atoms with Gasteiger partial charge in [-0.15, -0.1) is 5.10 Å². The minimum Gasteiger partial charge on any atom is -0.490 e. The first-order chi connectivity index (χ1) is 24.8. The number of benzene rings is 2. The molecule has 52 heavy (non-hydrogen) atoms. The molecule has 1 amide bonds. The highest BCUT2D eigenvalue weighted by Crippen LogP contribution is 2.52. The number of aromatic nitrogens is 4. The number of carbonyl (C=O) groups is 1. The Hall–Kier alpha value is -4.56. The fourth-order valence-corrected chi connectivity index (χ4v) is 7.67. The highest BCUT2D eigenvalue weighted by molar-refractivity contribution is 6.31. The van der Waals surface area contributed by atoms with Crippen molar-refractivity contribution in [1.82, 2.24) is 30.0 Å². The summed E-state index contributed by atoms with van der Waals surface area (Å²) in [6, 6.07) is 14.4. The van der Waals surface area contributed by atoms with Crippen LogP contribution >= 0.6 is 11.6 Å². The molecule has 1 saturated heterocycles. The standard InChI is InChI=1S/C37H38ClF4N7O3/c1-22(2)49(21-37(40,41)42)34(50)27-15-25(39)9-10-29(27)52-35-44-33(32(38)45-46-35)48-19-36(20-48)16-26(17-36)51-30-11-13-43-28-12-14-47(23(3)31(28)30)18-24-7-5-4-6-8-24/h4-11,13,15,22-23,26H,12,14,16-21H2,1-3H3. The fraction of sp³-hybridized carbons (Fsp3) is 0.432. The van der Waals surface area contributed by atoms with Crippen LogP contribution in [0, 0.1) is 11.2 Å². The van der Waals surface area contributed by atoms with Gasteiger partial charge in [0, 0.05) is 61.9 Å². The highest BCUT2D eigenvalue weighted by atomic mass is 35.5. The average molecular weight is 740 g/mol. The molecule has 2 fully saturated rings. The second kappa shape index (κ2) is 14.1. The molecule has 15 heteroatoms. The Labute approximate surface area is 303 Å². The maximum absolute atomic E-state index is 14.2. The number of pyridine rings is 1. The Morgan fingerprint density at radius 2 is 1.83 bits per heavy atom. The minimum atomic E-state index is -4.66. The lowest BCUT2D eigenvalue weighted by molar-refractivity contribution is -0.143. The maximum atomic E-state index is 14.2. The van der Waals surface area contributed by atoms with Gasteiger partial charge in [-0.05, 0) is 63.4 Å². The van der Waals surface area contributed by atoms with E-state index in [-0.39, 0.29) is 34.5 Å². The molecule has 1 spiro atoms. The van der Waals surface area contributed by atoms with E-state index in [2.05, 4.69) is 56.3 Å². The Kier molecular flexibility index (Phi) is 9.72. The van der Waals surface area contributed by atoms with Gasteiger partial charge in [-0.25, -0.2) is 4.39 Å². The number of ether oxygens (including phenoxy) is 2. The molecule has 2 aliphatic heterocycles.